The summed E-state index contributed by atoms with van der Waals surface area (Å²) in [4.78, 5) is 38.7. The third-order valence-electron chi connectivity index (χ3n) is 4.60. The van der Waals surface area contributed by atoms with E-state index in [0.29, 0.717) is 38.3 Å². The summed E-state index contributed by atoms with van der Waals surface area (Å²) in [5.41, 5.74) is -0.0433. The second kappa shape index (κ2) is 8.51. The molecule has 0 bridgehead atoms. The van der Waals surface area contributed by atoms with Gasteiger partial charge in [0.1, 0.15) is 11.5 Å². The minimum atomic E-state index is -0.539. The molecule has 0 saturated carbocycles. The van der Waals surface area contributed by atoms with E-state index in [4.69, 9.17) is 4.74 Å². The zero-order chi connectivity index (χ0) is 20.1. The Labute approximate surface area is 162 Å². The molecule has 0 N–H and O–H groups in total. The lowest BCUT2D eigenvalue weighted by Gasteiger charge is -2.22. The first-order valence-corrected chi connectivity index (χ1v) is 9.02. The molecule has 0 radical (unpaired) electrons. The Morgan fingerprint density at radius 2 is 1.68 bits per heavy atom. The number of hydrogen-bond donors (Lipinski definition) is 0. The lowest BCUT2D eigenvalue weighted by molar-refractivity contribution is -0.384. The summed E-state index contributed by atoms with van der Waals surface area (Å²) in [5.74, 6) is 0.413. The first-order valence-electron chi connectivity index (χ1n) is 9.02. The zero-order valence-corrected chi connectivity index (χ0v) is 15.5. The molecule has 1 fully saturated rings. The van der Waals surface area contributed by atoms with Crippen molar-refractivity contribution < 1.29 is 19.2 Å². The number of non-ortho nitro benzene ring substituents is 1. The van der Waals surface area contributed by atoms with Crippen LogP contribution in [0.25, 0.3) is 0 Å². The number of ether oxygens (including phenoxy) is 1. The van der Waals surface area contributed by atoms with Crippen LogP contribution in [0, 0.1) is 10.1 Å². The van der Waals surface area contributed by atoms with E-state index in [1.165, 1.54) is 25.1 Å². The van der Waals surface area contributed by atoms with E-state index in [2.05, 4.69) is 0 Å². The number of hydrogen-bond acceptors (Lipinski definition) is 5. The molecule has 1 saturated heterocycles. The fourth-order valence-electron chi connectivity index (χ4n) is 3.11. The van der Waals surface area contributed by atoms with Crippen molar-refractivity contribution in [3.8, 4) is 11.5 Å². The predicted molar refractivity (Wildman–Crippen MR) is 102 cm³/mol. The quantitative estimate of drug-likeness (QED) is 0.597. The third kappa shape index (κ3) is 4.46. The number of para-hydroxylation sites is 1. The van der Waals surface area contributed by atoms with Gasteiger partial charge in [-0.3, -0.25) is 19.7 Å². The van der Waals surface area contributed by atoms with Gasteiger partial charge in [0.05, 0.1) is 10.5 Å². The van der Waals surface area contributed by atoms with Gasteiger partial charge >= 0.3 is 0 Å². The molecule has 0 aliphatic carbocycles. The van der Waals surface area contributed by atoms with E-state index in [1.807, 2.05) is 6.07 Å². The molecular weight excluding hydrogens is 362 g/mol. The second-order valence-corrected chi connectivity index (χ2v) is 6.50. The highest BCUT2D eigenvalue weighted by Crippen LogP contribution is 2.30. The topological polar surface area (TPSA) is 93.0 Å². The monoisotopic (exact) mass is 383 g/mol. The second-order valence-electron chi connectivity index (χ2n) is 6.50. The van der Waals surface area contributed by atoms with Crippen LogP contribution in [0.15, 0.2) is 48.5 Å². The number of rotatable bonds is 4. The van der Waals surface area contributed by atoms with Crippen LogP contribution in [0.5, 0.6) is 11.5 Å². The first kappa shape index (κ1) is 19.3. The van der Waals surface area contributed by atoms with Gasteiger partial charge in [-0.05, 0) is 24.6 Å². The summed E-state index contributed by atoms with van der Waals surface area (Å²) < 4.78 is 5.81. The highest BCUT2D eigenvalue weighted by Gasteiger charge is 2.25. The molecule has 1 aliphatic heterocycles. The van der Waals surface area contributed by atoms with Crippen LogP contribution in [-0.4, -0.2) is 52.7 Å². The fourth-order valence-corrected chi connectivity index (χ4v) is 3.11. The maximum atomic E-state index is 13.1. The van der Waals surface area contributed by atoms with Crippen LogP contribution < -0.4 is 4.74 Å². The largest absolute Gasteiger partial charge is 0.457 e. The summed E-state index contributed by atoms with van der Waals surface area (Å²) >= 11 is 0. The van der Waals surface area contributed by atoms with Crippen LogP contribution >= 0.6 is 0 Å². The molecule has 28 heavy (non-hydrogen) atoms. The molecule has 0 aromatic heterocycles. The molecule has 2 amide bonds. The summed E-state index contributed by atoms with van der Waals surface area (Å²) in [6, 6.07) is 12.9. The Hall–Kier alpha value is -3.42. The maximum Gasteiger partial charge on any atom is 0.270 e. The molecule has 2 aromatic carbocycles. The number of nitrogens with zero attached hydrogens (tertiary/aromatic N) is 3. The summed E-state index contributed by atoms with van der Waals surface area (Å²) in [6.07, 6.45) is 0.648. The van der Waals surface area contributed by atoms with Gasteiger partial charge in [-0.25, -0.2) is 0 Å². The minimum Gasteiger partial charge on any atom is -0.457 e. The van der Waals surface area contributed by atoms with Gasteiger partial charge in [0.25, 0.3) is 11.6 Å². The lowest BCUT2D eigenvalue weighted by Crippen LogP contribution is -2.36. The van der Waals surface area contributed by atoms with Crippen molar-refractivity contribution in [1.82, 2.24) is 9.80 Å². The molecular formula is C20H21N3O5. The molecule has 2 aromatic rings. The van der Waals surface area contributed by atoms with Crippen molar-refractivity contribution in [3.63, 3.8) is 0 Å². The number of benzene rings is 2. The van der Waals surface area contributed by atoms with Crippen molar-refractivity contribution in [1.29, 1.82) is 0 Å². The molecule has 0 spiro atoms. The standard InChI is InChI=1S/C20H21N3O5/c1-15(24)21-10-5-11-22(13-12-21)20(25)18-14-16(23(26)27)8-9-19(18)28-17-6-3-2-4-7-17/h2-4,6-9,14H,5,10-13H2,1H3. The van der Waals surface area contributed by atoms with Crippen LogP contribution in [0.2, 0.25) is 0 Å². The van der Waals surface area contributed by atoms with Crippen molar-refractivity contribution in [3.05, 3.63) is 64.2 Å². The lowest BCUT2D eigenvalue weighted by atomic mass is 10.1. The van der Waals surface area contributed by atoms with Crippen LogP contribution in [0.3, 0.4) is 0 Å². The van der Waals surface area contributed by atoms with Crippen LogP contribution in [0.1, 0.15) is 23.7 Å². The Bertz CT molecular complexity index is 885. The van der Waals surface area contributed by atoms with Gasteiger partial charge in [0, 0.05) is 45.2 Å². The van der Waals surface area contributed by atoms with Crippen LogP contribution in [0.4, 0.5) is 5.69 Å². The predicted octanol–water partition coefficient (Wildman–Crippen LogP) is 3.08. The number of carbonyl (C=O) groups is 2. The number of nitro groups is 1. The Kier molecular flexibility index (Phi) is 5.88. The average Bonchev–Trinajstić information content (AvgIpc) is 2.95. The summed E-state index contributed by atoms with van der Waals surface area (Å²) in [5, 5.41) is 11.2. The van der Waals surface area contributed by atoms with E-state index >= 15 is 0 Å². The van der Waals surface area contributed by atoms with Gasteiger partial charge in [-0.1, -0.05) is 18.2 Å². The number of carbonyl (C=O) groups excluding carboxylic acids is 2. The fraction of sp³-hybridized carbons (Fsp3) is 0.300. The molecule has 0 atom stereocenters. The zero-order valence-electron chi connectivity index (χ0n) is 15.5. The molecule has 3 rings (SSSR count). The molecule has 0 unspecified atom stereocenters. The molecule has 1 aliphatic rings. The highest BCUT2D eigenvalue weighted by atomic mass is 16.6. The molecule has 8 heteroatoms. The first-order chi connectivity index (χ1) is 13.5. The normalized spacial score (nSPS) is 14.3. The van der Waals surface area contributed by atoms with Gasteiger partial charge in [-0.2, -0.15) is 0 Å². The highest BCUT2D eigenvalue weighted by molar-refractivity contribution is 5.97. The minimum absolute atomic E-state index is 0.0299. The Balaban J connectivity index is 1.89. The van der Waals surface area contributed by atoms with E-state index < -0.39 is 4.92 Å². The van der Waals surface area contributed by atoms with E-state index in [9.17, 15) is 19.7 Å². The van der Waals surface area contributed by atoms with Crippen molar-refractivity contribution in [2.24, 2.45) is 0 Å². The summed E-state index contributed by atoms with van der Waals surface area (Å²) in [7, 11) is 0. The molecule has 146 valence electrons. The maximum absolute atomic E-state index is 13.1. The SMILES string of the molecule is CC(=O)N1CCCN(C(=O)c2cc([N+](=O)[O-])ccc2Oc2ccccc2)CC1. The van der Waals surface area contributed by atoms with Crippen LogP contribution in [-0.2, 0) is 4.79 Å². The van der Waals surface area contributed by atoms with E-state index in [1.54, 1.807) is 34.1 Å². The number of amides is 2. The number of nitro benzene ring substituents is 1. The van der Waals surface area contributed by atoms with Gasteiger partial charge < -0.3 is 14.5 Å². The average molecular weight is 383 g/mol. The molecule has 8 nitrogen and oxygen atoms in total. The summed E-state index contributed by atoms with van der Waals surface area (Å²) in [6.45, 7) is 3.36. The smallest absolute Gasteiger partial charge is 0.270 e. The van der Waals surface area contributed by atoms with E-state index in [0.717, 1.165) is 0 Å². The van der Waals surface area contributed by atoms with Gasteiger partial charge in [-0.15, -0.1) is 0 Å². The van der Waals surface area contributed by atoms with Crippen molar-refractivity contribution in [2.75, 3.05) is 26.2 Å². The van der Waals surface area contributed by atoms with Crippen molar-refractivity contribution in [2.45, 2.75) is 13.3 Å². The van der Waals surface area contributed by atoms with Crippen molar-refractivity contribution >= 4 is 17.5 Å². The molecule has 1 heterocycles. The third-order valence-corrected chi connectivity index (χ3v) is 4.60. The Morgan fingerprint density at radius 1 is 1.00 bits per heavy atom. The van der Waals surface area contributed by atoms with Gasteiger partial charge in [0.15, 0.2) is 0 Å². The van der Waals surface area contributed by atoms with E-state index in [-0.39, 0.29) is 28.8 Å². The Morgan fingerprint density at radius 3 is 2.36 bits per heavy atom. The van der Waals surface area contributed by atoms with Gasteiger partial charge in [0.2, 0.25) is 5.91 Å².